The highest BCUT2D eigenvalue weighted by Gasteiger charge is 2.09. The van der Waals surface area contributed by atoms with Gasteiger partial charge in [0, 0.05) is 6.54 Å². The fraction of sp³-hybridized carbons (Fsp3) is 0.409. The predicted molar refractivity (Wildman–Crippen MR) is 108 cm³/mol. The van der Waals surface area contributed by atoms with Crippen molar-refractivity contribution in [2.45, 2.75) is 26.8 Å². The van der Waals surface area contributed by atoms with E-state index in [0.717, 1.165) is 12.0 Å². The average Bonchev–Trinajstić information content (AvgIpc) is 2.71. The third kappa shape index (κ3) is 6.68. The van der Waals surface area contributed by atoms with Crippen LogP contribution in [0.15, 0.2) is 42.5 Å². The summed E-state index contributed by atoms with van der Waals surface area (Å²) >= 11 is 0. The molecule has 6 heteroatoms. The monoisotopic (exact) mass is 387 g/mol. The van der Waals surface area contributed by atoms with Gasteiger partial charge in [-0.1, -0.05) is 32.0 Å². The van der Waals surface area contributed by atoms with Gasteiger partial charge in [0.2, 0.25) is 0 Å². The molecule has 1 N–H and O–H groups in total. The molecule has 28 heavy (non-hydrogen) atoms. The smallest absolute Gasteiger partial charge is 0.258 e. The Balaban J connectivity index is 1.85. The van der Waals surface area contributed by atoms with Gasteiger partial charge >= 0.3 is 0 Å². The maximum Gasteiger partial charge on any atom is 0.258 e. The van der Waals surface area contributed by atoms with E-state index >= 15 is 0 Å². The zero-order chi connectivity index (χ0) is 20.4. The Morgan fingerprint density at radius 1 is 0.929 bits per heavy atom. The maximum atomic E-state index is 12.1. The molecule has 152 valence electrons. The van der Waals surface area contributed by atoms with E-state index in [1.165, 1.54) is 0 Å². The van der Waals surface area contributed by atoms with Crippen molar-refractivity contribution in [3.05, 3.63) is 48.0 Å². The number of para-hydroxylation sites is 2. The summed E-state index contributed by atoms with van der Waals surface area (Å²) < 4.78 is 21.9. The summed E-state index contributed by atoms with van der Waals surface area (Å²) in [6, 6.07) is 12.9. The minimum atomic E-state index is -0.220. The van der Waals surface area contributed by atoms with Gasteiger partial charge < -0.3 is 24.3 Å². The fourth-order valence-electron chi connectivity index (χ4n) is 2.48. The Kier molecular flexibility index (Phi) is 8.46. The fourth-order valence-corrected chi connectivity index (χ4v) is 2.48. The van der Waals surface area contributed by atoms with Crippen LogP contribution in [-0.2, 0) is 11.3 Å². The molecule has 0 bridgehead atoms. The normalized spacial score (nSPS) is 10.5. The van der Waals surface area contributed by atoms with Gasteiger partial charge in [-0.15, -0.1) is 0 Å². The van der Waals surface area contributed by atoms with Crippen LogP contribution in [0.25, 0.3) is 0 Å². The summed E-state index contributed by atoms with van der Waals surface area (Å²) in [5.74, 6) is 2.84. The topological polar surface area (TPSA) is 66.0 Å². The average molecular weight is 387 g/mol. The zero-order valence-electron chi connectivity index (χ0n) is 17.0. The summed E-state index contributed by atoms with van der Waals surface area (Å²) in [5.41, 5.74) is 0.915. The molecule has 0 unspecified atom stereocenters. The number of rotatable bonds is 11. The van der Waals surface area contributed by atoms with Gasteiger partial charge in [0.15, 0.2) is 29.6 Å². The number of carbonyl (C=O) groups excluding carboxylic acids is 1. The van der Waals surface area contributed by atoms with E-state index in [4.69, 9.17) is 18.9 Å². The molecule has 0 aliphatic heterocycles. The third-order valence-corrected chi connectivity index (χ3v) is 4.10. The predicted octanol–water partition coefficient (Wildman–Crippen LogP) is 3.82. The molecule has 2 aromatic carbocycles. The van der Waals surface area contributed by atoms with Crippen LogP contribution in [-0.4, -0.2) is 33.3 Å². The molecule has 2 rings (SSSR count). The first-order chi connectivity index (χ1) is 13.5. The molecule has 0 aliphatic rings. The van der Waals surface area contributed by atoms with Crippen LogP contribution in [0.4, 0.5) is 0 Å². The number of ether oxygens (including phenoxy) is 4. The van der Waals surface area contributed by atoms with Crippen molar-refractivity contribution in [2.75, 3.05) is 27.4 Å². The van der Waals surface area contributed by atoms with Gasteiger partial charge in [0.25, 0.3) is 5.91 Å². The van der Waals surface area contributed by atoms with Crippen molar-refractivity contribution in [1.29, 1.82) is 0 Å². The van der Waals surface area contributed by atoms with Crippen LogP contribution in [0.5, 0.6) is 23.0 Å². The number of hydrogen-bond acceptors (Lipinski definition) is 5. The van der Waals surface area contributed by atoms with Crippen LogP contribution < -0.4 is 24.3 Å². The largest absolute Gasteiger partial charge is 0.493 e. The lowest BCUT2D eigenvalue weighted by Gasteiger charge is -2.14. The van der Waals surface area contributed by atoms with Crippen molar-refractivity contribution in [3.63, 3.8) is 0 Å². The first-order valence-corrected chi connectivity index (χ1v) is 9.35. The van der Waals surface area contributed by atoms with Gasteiger partial charge in [0.05, 0.1) is 20.8 Å². The minimum Gasteiger partial charge on any atom is -0.493 e. The van der Waals surface area contributed by atoms with Crippen LogP contribution >= 0.6 is 0 Å². The second-order valence-electron chi connectivity index (χ2n) is 6.73. The van der Waals surface area contributed by atoms with Gasteiger partial charge in [0.1, 0.15) is 0 Å². The van der Waals surface area contributed by atoms with Gasteiger partial charge in [-0.2, -0.15) is 0 Å². The van der Waals surface area contributed by atoms with E-state index in [2.05, 4.69) is 19.2 Å². The van der Waals surface area contributed by atoms with Crippen LogP contribution in [0.2, 0.25) is 0 Å². The van der Waals surface area contributed by atoms with Crippen molar-refractivity contribution in [3.8, 4) is 23.0 Å². The quantitative estimate of drug-likeness (QED) is 0.635. The Labute approximate surface area is 166 Å². The Morgan fingerprint density at radius 3 is 2.29 bits per heavy atom. The highest BCUT2D eigenvalue weighted by molar-refractivity contribution is 5.77. The van der Waals surface area contributed by atoms with Crippen molar-refractivity contribution < 1.29 is 23.7 Å². The van der Waals surface area contributed by atoms with E-state index < -0.39 is 0 Å². The molecule has 1 amide bonds. The molecule has 0 aromatic heterocycles. The lowest BCUT2D eigenvalue weighted by molar-refractivity contribution is -0.123. The van der Waals surface area contributed by atoms with Crippen LogP contribution in [0.1, 0.15) is 25.8 Å². The number of carbonyl (C=O) groups is 1. The molecular formula is C22H29NO5. The summed E-state index contributed by atoms with van der Waals surface area (Å²) in [5, 5.41) is 2.83. The highest BCUT2D eigenvalue weighted by atomic mass is 16.5. The standard InChI is InChI=1S/C22H29NO5/c1-16(2)11-12-27-20-10-9-17(13-21(20)26-4)14-23-22(24)15-28-19-8-6-5-7-18(19)25-3/h5-10,13,16H,11-12,14-15H2,1-4H3,(H,23,24). The number of methoxy groups -OCH3 is 2. The molecular weight excluding hydrogens is 358 g/mol. The summed E-state index contributed by atoms with van der Waals surface area (Å²) in [4.78, 5) is 12.1. The summed E-state index contributed by atoms with van der Waals surface area (Å²) in [7, 11) is 3.17. The molecule has 0 spiro atoms. The molecule has 0 heterocycles. The van der Waals surface area contributed by atoms with Gasteiger partial charge in [-0.25, -0.2) is 0 Å². The first kappa shape index (κ1) is 21.4. The molecule has 0 atom stereocenters. The zero-order valence-corrected chi connectivity index (χ0v) is 17.0. The highest BCUT2D eigenvalue weighted by Crippen LogP contribution is 2.28. The third-order valence-electron chi connectivity index (χ3n) is 4.10. The van der Waals surface area contributed by atoms with Crippen molar-refractivity contribution in [1.82, 2.24) is 5.32 Å². The second-order valence-corrected chi connectivity index (χ2v) is 6.73. The lowest BCUT2D eigenvalue weighted by atomic mass is 10.1. The Bertz CT molecular complexity index is 760. The van der Waals surface area contributed by atoms with E-state index in [0.29, 0.717) is 42.1 Å². The van der Waals surface area contributed by atoms with E-state index in [9.17, 15) is 4.79 Å². The van der Waals surface area contributed by atoms with E-state index in [1.54, 1.807) is 26.4 Å². The number of hydrogen-bond donors (Lipinski definition) is 1. The van der Waals surface area contributed by atoms with Crippen molar-refractivity contribution >= 4 is 5.91 Å². The molecule has 0 radical (unpaired) electrons. The summed E-state index contributed by atoms with van der Waals surface area (Å²) in [6.45, 7) is 5.24. The van der Waals surface area contributed by atoms with E-state index in [1.807, 2.05) is 30.3 Å². The van der Waals surface area contributed by atoms with Crippen molar-refractivity contribution in [2.24, 2.45) is 5.92 Å². The Morgan fingerprint density at radius 2 is 1.61 bits per heavy atom. The maximum absolute atomic E-state index is 12.1. The molecule has 0 fully saturated rings. The molecule has 0 saturated heterocycles. The number of benzene rings is 2. The molecule has 2 aromatic rings. The lowest BCUT2D eigenvalue weighted by Crippen LogP contribution is -2.28. The number of nitrogens with one attached hydrogen (secondary N) is 1. The molecule has 0 aliphatic carbocycles. The minimum absolute atomic E-state index is 0.0894. The second kappa shape index (κ2) is 11.1. The van der Waals surface area contributed by atoms with E-state index in [-0.39, 0.29) is 12.5 Å². The first-order valence-electron chi connectivity index (χ1n) is 9.35. The summed E-state index contributed by atoms with van der Waals surface area (Å²) in [6.07, 6.45) is 0.979. The van der Waals surface area contributed by atoms with Crippen LogP contribution in [0.3, 0.4) is 0 Å². The van der Waals surface area contributed by atoms with Gasteiger partial charge in [-0.3, -0.25) is 4.79 Å². The number of amides is 1. The Hall–Kier alpha value is -2.89. The van der Waals surface area contributed by atoms with Crippen LogP contribution in [0, 0.1) is 5.92 Å². The SMILES string of the molecule is COc1cc(CNC(=O)COc2ccccc2OC)ccc1OCCC(C)C. The molecule has 0 saturated carbocycles. The molecule has 6 nitrogen and oxygen atoms in total. The van der Waals surface area contributed by atoms with Gasteiger partial charge in [-0.05, 0) is 42.2 Å².